The lowest BCUT2D eigenvalue weighted by Crippen LogP contribution is -2.17. The second kappa shape index (κ2) is 2.80. The van der Waals surface area contributed by atoms with Gasteiger partial charge in [0, 0.05) is 25.9 Å². The summed E-state index contributed by atoms with van der Waals surface area (Å²) in [7, 11) is 0. The Morgan fingerprint density at radius 1 is 1.23 bits per heavy atom. The molecule has 1 aliphatic carbocycles. The van der Waals surface area contributed by atoms with Gasteiger partial charge >= 0.3 is 0 Å². The van der Waals surface area contributed by atoms with Gasteiger partial charge in [-0.25, -0.2) is 4.68 Å². The highest BCUT2D eigenvalue weighted by molar-refractivity contribution is 5.14. The van der Waals surface area contributed by atoms with E-state index in [9.17, 15) is 0 Å². The topological polar surface area (TPSA) is 42.7 Å². The molecule has 0 bridgehead atoms. The largest absolute Gasteiger partial charge is 0.316 e. The fraction of sp³-hybridized carbons (Fsp3) is 0.778. The van der Waals surface area contributed by atoms with Crippen molar-refractivity contribution < 1.29 is 0 Å². The van der Waals surface area contributed by atoms with Gasteiger partial charge in [0.2, 0.25) is 0 Å². The minimum Gasteiger partial charge on any atom is -0.316 e. The molecule has 4 nitrogen and oxygen atoms in total. The van der Waals surface area contributed by atoms with Gasteiger partial charge in [0.1, 0.15) is 0 Å². The molecule has 2 heterocycles. The quantitative estimate of drug-likeness (QED) is 0.672. The van der Waals surface area contributed by atoms with Crippen molar-refractivity contribution in [1.29, 1.82) is 0 Å². The van der Waals surface area contributed by atoms with Gasteiger partial charge in [-0.2, -0.15) is 0 Å². The molecule has 1 saturated carbocycles. The number of hydrogen-bond donors (Lipinski definition) is 1. The Hall–Kier alpha value is -0.900. The van der Waals surface area contributed by atoms with Crippen LogP contribution in [0.3, 0.4) is 0 Å². The van der Waals surface area contributed by atoms with Crippen LogP contribution in [0.2, 0.25) is 0 Å². The third kappa shape index (κ3) is 1.25. The molecule has 1 aromatic rings. The predicted molar refractivity (Wildman–Crippen MR) is 48.6 cm³/mol. The number of nitrogens with zero attached hydrogens (tertiary/aromatic N) is 3. The predicted octanol–water partition coefficient (Wildman–Crippen LogP) is 0.301. The molecule has 3 rings (SSSR count). The van der Waals surface area contributed by atoms with Gasteiger partial charge in [-0.3, -0.25) is 0 Å². The molecule has 1 N–H and O–H groups in total. The Labute approximate surface area is 77.3 Å². The number of aromatic nitrogens is 3. The zero-order chi connectivity index (χ0) is 8.67. The van der Waals surface area contributed by atoms with Crippen LogP contribution in [0.5, 0.6) is 0 Å². The van der Waals surface area contributed by atoms with Crippen LogP contribution >= 0.6 is 0 Å². The molecule has 0 unspecified atom stereocenters. The van der Waals surface area contributed by atoms with Crippen LogP contribution in [0.1, 0.15) is 30.3 Å². The smallest absolute Gasteiger partial charge is 0.0872 e. The summed E-state index contributed by atoms with van der Waals surface area (Å²) < 4.78 is 2.16. The zero-order valence-corrected chi connectivity index (χ0v) is 7.66. The third-order valence-electron chi connectivity index (χ3n) is 2.84. The summed E-state index contributed by atoms with van der Waals surface area (Å²) >= 11 is 0. The Morgan fingerprint density at radius 2 is 2.08 bits per heavy atom. The summed E-state index contributed by atoms with van der Waals surface area (Å²) in [6.45, 7) is 2.13. The highest BCUT2D eigenvalue weighted by Gasteiger charge is 2.28. The van der Waals surface area contributed by atoms with Gasteiger partial charge in [-0.05, 0) is 12.8 Å². The molecule has 0 spiro atoms. The highest BCUT2D eigenvalue weighted by atomic mass is 15.5. The molecule has 70 valence electrons. The lowest BCUT2D eigenvalue weighted by molar-refractivity contribution is 0.572. The van der Waals surface area contributed by atoms with Gasteiger partial charge in [-0.15, -0.1) is 5.10 Å². The molecule has 1 aromatic heterocycles. The molecule has 13 heavy (non-hydrogen) atoms. The lowest BCUT2D eigenvalue weighted by Gasteiger charge is -2.02. The molecular weight excluding hydrogens is 164 g/mol. The number of hydrogen-bond acceptors (Lipinski definition) is 3. The monoisotopic (exact) mass is 178 g/mol. The number of fused-ring (bicyclic) bond motifs is 1. The Bertz CT molecular complexity index is 313. The van der Waals surface area contributed by atoms with Crippen molar-refractivity contribution in [1.82, 2.24) is 20.3 Å². The van der Waals surface area contributed by atoms with Gasteiger partial charge in [0.05, 0.1) is 17.4 Å². The van der Waals surface area contributed by atoms with Crippen LogP contribution in [0, 0.1) is 0 Å². The van der Waals surface area contributed by atoms with Gasteiger partial charge in [0.25, 0.3) is 0 Å². The summed E-state index contributed by atoms with van der Waals surface area (Å²) in [5.41, 5.74) is 2.60. The molecule has 0 saturated heterocycles. The van der Waals surface area contributed by atoms with Crippen LogP contribution in [-0.2, 0) is 12.8 Å². The van der Waals surface area contributed by atoms with E-state index in [0.29, 0.717) is 6.04 Å². The van der Waals surface area contributed by atoms with Crippen molar-refractivity contribution >= 4 is 0 Å². The molecule has 0 radical (unpaired) electrons. The van der Waals surface area contributed by atoms with E-state index in [0.717, 1.165) is 25.9 Å². The summed E-state index contributed by atoms with van der Waals surface area (Å²) in [6, 6.07) is 0.675. The molecule has 2 aliphatic rings. The van der Waals surface area contributed by atoms with Crippen molar-refractivity contribution in [2.24, 2.45) is 0 Å². The van der Waals surface area contributed by atoms with E-state index in [-0.39, 0.29) is 0 Å². The number of nitrogens with one attached hydrogen (secondary N) is 1. The Balaban J connectivity index is 1.98. The molecule has 0 aromatic carbocycles. The summed E-state index contributed by atoms with van der Waals surface area (Å²) in [5, 5.41) is 11.9. The Morgan fingerprint density at radius 3 is 2.92 bits per heavy atom. The van der Waals surface area contributed by atoms with Gasteiger partial charge in [0.15, 0.2) is 0 Å². The number of rotatable bonds is 1. The van der Waals surface area contributed by atoms with E-state index in [1.807, 2.05) is 0 Å². The fourth-order valence-electron chi connectivity index (χ4n) is 1.95. The molecule has 4 heteroatoms. The standard InChI is InChI=1S/C9H14N4/c1-2-7(1)13-9-4-6-10-5-3-8(9)11-12-13/h7,10H,1-6H2. The summed E-state index contributed by atoms with van der Waals surface area (Å²) in [5.74, 6) is 0. The molecule has 1 fully saturated rings. The normalized spacial score (nSPS) is 22.5. The van der Waals surface area contributed by atoms with Gasteiger partial charge < -0.3 is 5.32 Å². The molecule has 0 atom stereocenters. The SMILES string of the molecule is C1Cc2nnn(C3CC3)c2CCN1. The van der Waals surface area contributed by atoms with Crippen LogP contribution in [0.4, 0.5) is 0 Å². The Kier molecular flexibility index (Phi) is 1.62. The van der Waals surface area contributed by atoms with E-state index in [1.54, 1.807) is 0 Å². The van der Waals surface area contributed by atoms with E-state index < -0.39 is 0 Å². The van der Waals surface area contributed by atoms with Crippen molar-refractivity contribution in [3.63, 3.8) is 0 Å². The first-order valence-electron chi connectivity index (χ1n) is 5.09. The fourth-order valence-corrected chi connectivity index (χ4v) is 1.95. The third-order valence-corrected chi connectivity index (χ3v) is 2.84. The lowest BCUT2D eigenvalue weighted by atomic mass is 10.2. The second-order valence-corrected chi connectivity index (χ2v) is 3.91. The highest BCUT2D eigenvalue weighted by Crippen LogP contribution is 2.35. The van der Waals surface area contributed by atoms with Crippen molar-refractivity contribution in [2.45, 2.75) is 31.7 Å². The van der Waals surface area contributed by atoms with E-state index >= 15 is 0 Å². The van der Waals surface area contributed by atoms with Crippen molar-refractivity contribution in [3.8, 4) is 0 Å². The maximum atomic E-state index is 4.25. The first kappa shape index (κ1) is 7.50. The summed E-state index contributed by atoms with van der Waals surface area (Å²) in [6.07, 6.45) is 4.73. The van der Waals surface area contributed by atoms with Gasteiger partial charge in [-0.1, -0.05) is 5.21 Å². The van der Waals surface area contributed by atoms with Crippen molar-refractivity contribution in [2.75, 3.05) is 13.1 Å². The first-order valence-corrected chi connectivity index (χ1v) is 5.09. The van der Waals surface area contributed by atoms with E-state index in [4.69, 9.17) is 0 Å². The van der Waals surface area contributed by atoms with E-state index in [1.165, 1.54) is 24.2 Å². The minimum absolute atomic E-state index is 0.675. The first-order chi connectivity index (χ1) is 6.45. The van der Waals surface area contributed by atoms with Crippen LogP contribution in [0.15, 0.2) is 0 Å². The molecule has 1 aliphatic heterocycles. The maximum absolute atomic E-state index is 4.25. The second-order valence-electron chi connectivity index (χ2n) is 3.91. The van der Waals surface area contributed by atoms with Crippen LogP contribution in [0.25, 0.3) is 0 Å². The zero-order valence-electron chi connectivity index (χ0n) is 7.66. The minimum atomic E-state index is 0.675. The molecule has 0 amide bonds. The van der Waals surface area contributed by atoms with E-state index in [2.05, 4.69) is 20.3 Å². The average molecular weight is 178 g/mol. The van der Waals surface area contributed by atoms with Crippen LogP contribution < -0.4 is 5.32 Å². The van der Waals surface area contributed by atoms with Crippen LogP contribution in [-0.4, -0.2) is 28.1 Å². The van der Waals surface area contributed by atoms with Crippen molar-refractivity contribution in [3.05, 3.63) is 11.4 Å². The summed E-state index contributed by atoms with van der Waals surface area (Å²) in [4.78, 5) is 0. The maximum Gasteiger partial charge on any atom is 0.0872 e. The average Bonchev–Trinajstić information content (AvgIpc) is 2.94. The molecular formula is C9H14N4.